The number of carbonyl (C=O) groups is 1. The van der Waals surface area contributed by atoms with Crippen LogP contribution in [0.15, 0.2) is 18.2 Å². The Morgan fingerprint density at radius 2 is 2.25 bits per heavy atom. The van der Waals surface area contributed by atoms with Crippen LogP contribution < -0.4 is 4.74 Å². The number of aryl methyl sites for hydroxylation is 1. The van der Waals surface area contributed by atoms with E-state index in [0.29, 0.717) is 18.4 Å². The molecule has 0 aromatic heterocycles. The zero-order valence-corrected chi connectivity index (χ0v) is 12.3. The van der Waals surface area contributed by atoms with E-state index in [-0.39, 0.29) is 5.56 Å². The molecule has 1 atom stereocenters. The largest absolute Gasteiger partial charge is 0.493 e. The van der Waals surface area contributed by atoms with E-state index in [1.54, 1.807) is 12.1 Å². The first-order chi connectivity index (χ1) is 9.58. The van der Waals surface area contributed by atoms with Crippen molar-refractivity contribution in [3.8, 4) is 5.75 Å². The third kappa shape index (κ3) is 3.73. The summed E-state index contributed by atoms with van der Waals surface area (Å²) < 4.78 is 5.70. The minimum absolute atomic E-state index is 0.252. The van der Waals surface area contributed by atoms with Crippen LogP contribution in [-0.4, -0.2) is 42.2 Å². The van der Waals surface area contributed by atoms with Gasteiger partial charge in [-0.15, -0.1) is 0 Å². The van der Waals surface area contributed by atoms with Crippen molar-refractivity contribution in [3.05, 3.63) is 29.3 Å². The number of hydrogen-bond acceptors (Lipinski definition) is 3. The molecule has 1 aliphatic heterocycles. The number of carboxylic acids is 1. The highest BCUT2D eigenvalue weighted by Gasteiger charge is 2.19. The number of nitrogens with zero attached hydrogens (tertiary/aromatic N) is 1. The smallest absolute Gasteiger partial charge is 0.339 e. The fourth-order valence-corrected chi connectivity index (χ4v) is 2.75. The molecule has 2 rings (SSSR count). The fourth-order valence-electron chi connectivity index (χ4n) is 2.75. The maximum Gasteiger partial charge on any atom is 0.339 e. The van der Waals surface area contributed by atoms with Crippen molar-refractivity contribution >= 4 is 5.97 Å². The van der Waals surface area contributed by atoms with Crippen molar-refractivity contribution in [1.29, 1.82) is 0 Å². The van der Waals surface area contributed by atoms with Gasteiger partial charge in [0.1, 0.15) is 11.3 Å². The predicted molar refractivity (Wildman–Crippen MR) is 78.5 cm³/mol. The minimum atomic E-state index is -0.932. The maximum absolute atomic E-state index is 11.2. The first-order valence-electron chi connectivity index (χ1n) is 7.25. The molecule has 1 aliphatic rings. The van der Waals surface area contributed by atoms with Gasteiger partial charge in [0.2, 0.25) is 0 Å². The van der Waals surface area contributed by atoms with E-state index in [0.717, 1.165) is 18.5 Å². The van der Waals surface area contributed by atoms with Crippen LogP contribution in [0.1, 0.15) is 41.6 Å². The van der Waals surface area contributed by atoms with E-state index in [1.807, 2.05) is 13.0 Å². The second-order valence-corrected chi connectivity index (χ2v) is 5.57. The lowest BCUT2D eigenvalue weighted by Gasteiger charge is -2.32. The first kappa shape index (κ1) is 14.9. The van der Waals surface area contributed by atoms with E-state index < -0.39 is 5.97 Å². The second-order valence-electron chi connectivity index (χ2n) is 5.57. The second kappa shape index (κ2) is 6.75. The summed E-state index contributed by atoms with van der Waals surface area (Å²) in [7, 11) is 2.15. The van der Waals surface area contributed by atoms with Crippen LogP contribution in [0.4, 0.5) is 0 Å². The lowest BCUT2D eigenvalue weighted by molar-refractivity contribution is 0.0691. The molecule has 0 radical (unpaired) electrons. The Kier molecular flexibility index (Phi) is 5.01. The van der Waals surface area contributed by atoms with Crippen molar-refractivity contribution in [3.63, 3.8) is 0 Å². The zero-order chi connectivity index (χ0) is 14.5. The summed E-state index contributed by atoms with van der Waals surface area (Å²) in [5.41, 5.74) is 1.18. The molecule has 1 heterocycles. The van der Waals surface area contributed by atoms with Crippen LogP contribution in [0.2, 0.25) is 0 Å². The SMILES string of the molecule is Cc1ccc(OCCC2CCCCN2C)c(C(=O)O)c1. The van der Waals surface area contributed by atoms with E-state index >= 15 is 0 Å². The monoisotopic (exact) mass is 277 g/mol. The van der Waals surface area contributed by atoms with Gasteiger partial charge in [-0.05, 0) is 51.9 Å². The van der Waals surface area contributed by atoms with Crippen LogP contribution >= 0.6 is 0 Å². The number of likely N-dealkylation sites (tertiary alicyclic amines) is 1. The molecule has 1 saturated heterocycles. The Hall–Kier alpha value is -1.55. The normalized spacial score (nSPS) is 19.8. The maximum atomic E-state index is 11.2. The summed E-state index contributed by atoms with van der Waals surface area (Å²) in [5, 5.41) is 9.19. The molecular weight excluding hydrogens is 254 g/mol. The topological polar surface area (TPSA) is 49.8 Å². The van der Waals surface area contributed by atoms with Crippen LogP contribution in [0.5, 0.6) is 5.75 Å². The van der Waals surface area contributed by atoms with E-state index in [9.17, 15) is 9.90 Å². The van der Waals surface area contributed by atoms with Gasteiger partial charge in [-0.3, -0.25) is 0 Å². The Morgan fingerprint density at radius 3 is 2.95 bits per heavy atom. The van der Waals surface area contributed by atoms with Gasteiger partial charge in [-0.1, -0.05) is 18.1 Å². The van der Waals surface area contributed by atoms with Crippen LogP contribution in [0.25, 0.3) is 0 Å². The number of carboxylic acid groups (broad SMARTS) is 1. The number of ether oxygens (including phenoxy) is 1. The lowest BCUT2D eigenvalue weighted by Crippen LogP contribution is -2.37. The summed E-state index contributed by atoms with van der Waals surface area (Å²) >= 11 is 0. The average molecular weight is 277 g/mol. The van der Waals surface area contributed by atoms with Gasteiger partial charge in [0.25, 0.3) is 0 Å². The van der Waals surface area contributed by atoms with Crippen molar-refractivity contribution in [1.82, 2.24) is 4.90 Å². The van der Waals surface area contributed by atoms with Gasteiger partial charge in [0, 0.05) is 6.04 Å². The zero-order valence-electron chi connectivity index (χ0n) is 12.3. The summed E-state index contributed by atoms with van der Waals surface area (Å²) in [6.45, 7) is 3.60. The number of benzene rings is 1. The Morgan fingerprint density at radius 1 is 1.45 bits per heavy atom. The van der Waals surface area contributed by atoms with Crippen molar-refractivity contribution in [2.45, 2.75) is 38.6 Å². The molecule has 1 fully saturated rings. The Balaban J connectivity index is 1.92. The molecule has 1 aromatic rings. The predicted octanol–water partition coefficient (Wildman–Crippen LogP) is 2.95. The molecule has 0 amide bonds. The summed E-state index contributed by atoms with van der Waals surface area (Å²) in [5.74, 6) is -0.458. The van der Waals surface area contributed by atoms with Gasteiger partial charge in [-0.25, -0.2) is 4.79 Å². The molecular formula is C16H23NO3. The van der Waals surface area contributed by atoms with E-state index in [2.05, 4.69) is 11.9 Å². The third-order valence-electron chi connectivity index (χ3n) is 4.00. The molecule has 20 heavy (non-hydrogen) atoms. The van der Waals surface area contributed by atoms with Gasteiger partial charge >= 0.3 is 5.97 Å². The third-order valence-corrected chi connectivity index (χ3v) is 4.00. The molecule has 0 aliphatic carbocycles. The number of rotatable bonds is 5. The van der Waals surface area contributed by atoms with Gasteiger partial charge in [0.15, 0.2) is 0 Å². The lowest BCUT2D eigenvalue weighted by atomic mass is 10.0. The van der Waals surface area contributed by atoms with Gasteiger partial charge in [-0.2, -0.15) is 0 Å². The minimum Gasteiger partial charge on any atom is -0.493 e. The van der Waals surface area contributed by atoms with Crippen molar-refractivity contribution in [2.75, 3.05) is 20.2 Å². The summed E-state index contributed by atoms with van der Waals surface area (Å²) in [6.07, 6.45) is 4.71. The summed E-state index contributed by atoms with van der Waals surface area (Å²) in [4.78, 5) is 13.6. The quantitative estimate of drug-likeness (QED) is 0.899. The van der Waals surface area contributed by atoms with Crippen LogP contribution in [-0.2, 0) is 0 Å². The molecule has 110 valence electrons. The Bertz CT molecular complexity index is 473. The van der Waals surface area contributed by atoms with E-state index in [4.69, 9.17) is 4.74 Å². The molecule has 4 heteroatoms. The van der Waals surface area contributed by atoms with Crippen molar-refractivity contribution < 1.29 is 14.6 Å². The highest BCUT2D eigenvalue weighted by Crippen LogP contribution is 2.22. The Labute approximate surface area is 120 Å². The number of piperidine rings is 1. The fraction of sp³-hybridized carbons (Fsp3) is 0.562. The molecule has 4 nitrogen and oxygen atoms in total. The average Bonchev–Trinajstić information content (AvgIpc) is 2.42. The molecule has 0 spiro atoms. The molecule has 1 aromatic carbocycles. The van der Waals surface area contributed by atoms with Crippen LogP contribution in [0, 0.1) is 6.92 Å². The molecule has 1 unspecified atom stereocenters. The standard InChI is InChI=1S/C16H23NO3/c1-12-6-7-15(14(11-12)16(18)19)20-10-8-13-5-3-4-9-17(13)2/h6-7,11,13H,3-5,8-10H2,1-2H3,(H,18,19). The first-order valence-corrected chi connectivity index (χ1v) is 7.25. The highest BCUT2D eigenvalue weighted by molar-refractivity contribution is 5.91. The number of aromatic carboxylic acids is 1. The molecule has 0 saturated carbocycles. The number of hydrogen-bond donors (Lipinski definition) is 1. The van der Waals surface area contributed by atoms with Crippen LogP contribution in [0.3, 0.4) is 0 Å². The molecule has 0 bridgehead atoms. The van der Waals surface area contributed by atoms with Crippen molar-refractivity contribution in [2.24, 2.45) is 0 Å². The van der Waals surface area contributed by atoms with Gasteiger partial charge in [0.05, 0.1) is 6.61 Å². The highest BCUT2D eigenvalue weighted by atomic mass is 16.5. The van der Waals surface area contributed by atoms with E-state index in [1.165, 1.54) is 19.3 Å². The molecule has 1 N–H and O–H groups in total. The van der Waals surface area contributed by atoms with Gasteiger partial charge < -0.3 is 14.7 Å². The summed E-state index contributed by atoms with van der Waals surface area (Å²) in [6, 6.07) is 5.85.